The Morgan fingerprint density at radius 1 is 1.28 bits per heavy atom. The van der Waals surface area contributed by atoms with E-state index in [9.17, 15) is 30.4 Å². The number of thiazole rings is 1. The number of halogens is 5. The van der Waals surface area contributed by atoms with Gasteiger partial charge in [-0.05, 0) is 6.92 Å². The molecule has 0 N–H and O–H groups in total. The summed E-state index contributed by atoms with van der Waals surface area (Å²) in [7, 11) is -3.82. The van der Waals surface area contributed by atoms with Crippen LogP contribution in [0, 0.1) is 0 Å². The lowest BCUT2D eigenvalue weighted by Gasteiger charge is -2.20. The zero-order chi connectivity index (χ0) is 23.5. The second kappa shape index (κ2) is 9.45. The maximum Gasteiger partial charge on any atom is 0.522 e. The molecule has 0 bridgehead atoms. The van der Waals surface area contributed by atoms with E-state index >= 15 is 0 Å². The number of alkyl halides is 5. The Morgan fingerprint density at radius 3 is 2.66 bits per heavy atom. The highest BCUT2D eigenvalue weighted by Gasteiger charge is 2.29. The number of anilines is 1. The molecule has 0 saturated carbocycles. The molecule has 3 aromatic rings. The minimum Gasteiger partial charge on any atom is -0.414 e. The average Bonchev–Trinajstić information content (AvgIpc) is 3.45. The van der Waals surface area contributed by atoms with E-state index in [-0.39, 0.29) is 40.3 Å². The van der Waals surface area contributed by atoms with Crippen LogP contribution in [0.3, 0.4) is 0 Å². The van der Waals surface area contributed by atoms with Crippen LogP contribution >= 0.6 is 11.3 Å². The average molecular weight is 502 g/mol. The maximum atomic E-state index is 12.6. The summed E-state index contributed by atoms with van der Waals surface area (Å²) in [5, 5.41) is 10.9. The molecule has 0 atom stereocenters. The molecule has 0 amide bonds. The highest BCUT2D eigenvalue weighted by Crippen LogP contribution is 2.30. The summed E-state index contributed by atoms with van der Waals surface area (Å²) in [4.78, 5) is 4.33. The van der Waals surface area contributed by atoms with Gasteiger partial charge in [0.15, 0.2) is 0 Å². The molecular formula is C15H15F5N6O4S2. The van der Waals surface area contributed by atoms with Gasteiger partial charge in [0.2, 0.25) is 10.0 Å². The molecule has 0 aliphatic heterocycles. The Labute approximate surface area is 181 Å². The van der Waals surface area contributed by atoms with E-state index in [4.69, 9.17) is 4.42 Å². The SMILES string of the molecule is CCS(=O)(=O)N(Cc1ncc(-c2nnc(C(F)F)o2)s1)c1cnn(CCOC(F)(F)F)c1. The fourth-order valence-electron chi connectivity index (χ4n) is 2.39. The second-order valence-corrected chi connectivity index (χ2v) is 9.32. The van der Waals surface area contributed by atoms with Crippen molar-refractivity contribution in [2.75, 3.05) is 16.7 Å². The molecule has 0 aromatic carbocycles. The first kappa shape index (κ1) is 24.0. The van der Waals surface area contributed by atoms with Gasteiger partial charge in [-0.15, -0.1) is 34.7 Å². The molecule has 0 radical (unpaired) electrons. The molecule has 0 saturated heterocycles. The Hall–Kier alpha value is -2.66. The quantitative estimate of drug-likeness (QED) is 0.388. The van der Waals surface area contributed by atoms with E-state index in [0.29, 0.717) is 0 Å². The van der Waals surface area contributed by atoms with Crippen molar-refractivity contribution < 1.29 is 39.5 Å². The van der Waals surface area contributed by atoms with Gasteiger partial charge in [0.25, 0.3) is 11.8 Å². The fourth-order valence-corrected chi connectivity index (χ4v) is 4.35. The van der Waals surface area contributed by atoms with Crippen LogP contribution in [0.1, 0.15) is 24.2 Å². The third kappa shape index (κ3) is 5.98. The first-order valence-electron chi connectivity index (χ1n) is 8.78. The van der Waals surface area contributed by atoms with Gasteiger partial charge in [-0.1, -0.05) is 0 Å². The van der Waals surface area contributed by atoms with E-state index in [1.165, 1.54) is 25.5 Å². The van der Waals surface area contributed by atoms with E-state index in [1.807, 2.05) is 0 Å². The summed E-state index contributed by atoms with van der Waals surface area (Å²) in [6, 6.07) is 0. The minimum atomic E-state index is -4.79. The summed E-state index contributed by atoms with van der Waals surface area (Å²) < 4.78 is 97.3. The molecule has 0 fully saturated rings. The van der Waals surface area contributed by atoms with Gasteiger partial charge in [-0.2, -0.15) is 13.9 Å². The molecule has 176 valence electrons. The van der Waals surface area contributed by atoms with Crippen LogP contribution in [-0.2, 0) is 27.8 Å². The van der Waals surface area contributed by atoms with Gasteiger partial charge in [0.1, 0.15) is 9.88 Å². The van der Waals surface area contributed by atoms with Gasteiger partial charge in [0, 0.05) is 6.20 Å². The van der Waals surface area contributed by atoms with Crippen LogP contribution in [0.5, 0.6) is 0 Å². The van der Waals surface area contributed by atoms with E-state index in [2.05, 4.69) is 25.0 Å². The zero-order valence-corrected chi connectivity index (χ0v) is 17.8. The number of ether oxygens (including phenoxy) is 1. The molecule has 0 spiro atoms. The Bertz CT molecular complexity index is 1140. The van der Waals surface area contributed by atoms with Crippen LogP contribution in [0.15, 0.2) is 23.0 Å². The molecule has 3 heterocycles. The predicted molar refractivity (Wildman–Crippen MR) is 100 cm³/mol. The van der Waals surface area contributed by atoms with E-state index in [0.717, 1.165) is 20.3 Å². The number of nitrogens with zero attached hydrogens (tertiary/aromatic N) is 6. The van der Waals surface area contributed by atoms with Gasteiger partial charge >= 0.3 is 12.8 Å². The highest BCUT2D eigenvalue weighted by molar-refractivity contribution is 7.92. The number of hydrogen-bond acceptors (Lipinski definition) is 9. The van der Waals surface area contributed by atoms with Crippen LogP contribution in [0.25, 0.3) is 10.8 Å². The molecule has 0 aliphatic carbocycles. The molecule has 3 aromatic heterocycles. The van der Waals surface area contributed by atoms with Crippen molar-refractivity contribution >= 4 is 27.0 Å². The molecule has 0 unspecified atom stereocenters. The monoisotopic (exact) mass is 502 g/mol. The molecule has 3 rings (SSSR count). The number of hydrogen-bond donors (Lipinski definition) is 0. The summed E-state index contributed by atoms with van der Waals surface area (Å²) in [6.45, 7) is 0.222. The van der Waals surface area contributed by atoms with Crippen molar-refractivity contribution in [3.8, 4) is 10.8 Å². The van der Waals surface area contributed by atoms with Gasteiger partial charge in [-0.3, -0.25) is 13.7 Å². The van der Waals surface area contributed by atoms with Crippen molar-refractivity contribution in [2.45, 2.75) is 32.8 Å². The summed E-state index contributed by atoms with van der Waals surface area (Å²) >= 11 is 0.953. The van der Waals surface area contributed by atoms with Crippen LogP contribution in [-0.4, -0.2) is 52.1 Å². The van der Waals surface area contributed by atoms with Crippen molar-refractivity contribution in [1.29, 1.82) is 0 Å². The van der Waals surface area contributed by atoms with Crippen molar-refractivity contribution in [3.05, 3.63) is 29.5 Å². The van der Waals surface area contributed by atoms with Crippen LogP contribution in [0.2, 0.25) is 0 Å². The highest BCUT2D eigenvalue weighted by atomic mass is 32.2. The first-order valence-corrected chi connectivity index (χ1v) is 11.2. The lowest BCUT2D eigenvalue weighted by molar-refractivity contribution is -0.325. The second-order valence-electron chi connectivity index (χ2n) is 6.03. The molecule has 17 heteroatoms. The van der Waals surface area contributed by atoms with Crippen molar-refractivity contribution in [3.63, 3.8) is 0 Å². The van der Waals surface area contributed by atoms with Crippen LogP contribution in [0.4, 0.5) is 27.6 Å². The zero-order valence-electron chi connectivity index (χ0n) is 16.2. The van der Waals surface area contributed by atoms with E-state index in [1.54, 1.807) is 0 Å². The minimum absolute atomic E-state index is 0.105. The van der Waals surface area contributed by atoms with E-state index < -0.39 is 35.3 Å². The lowest BCUT2D eigenvalue weighted by Crippen LogP contribution is -2.31. The summed E-state index contributed by atoms with van der Waals surface area (Å²) in [6.07, 6.45) is -4.01. The third-order valence-electron chi connectivity index (χ3n) is 3.86. The van der Waals surface area contributed by atoms with Gasteiger partial charge in [-0.25, -0.2) is 13.4 Å². The standard InChI is InChI=1S/C15H15F5N6O4S2/c1-2-32(27,28)26(9-5-22-25(7-9)3-4-29-15(18,19)20)8-11-21-6-10(31-11)13-23-24-14(30-13)12(16)17/h5-7,12H,2-4,8H2,1H3. The van der Waals surface area contributed by atoms with Gasteiger partial charge in [0.05, 0.1) is 43.5 Å². The topological polar surface area (TPSA) is 116 Å². The van der Waals surface area contributed by atoms with Crippen LogP contribution < -0.4 is 4.31 Å². The first-order chi connectivity index (χ1) is 15.0. The summed E-state index contributed by atoms with van der Waals surface area (Å²) in [5.41, 5.74) is 0.105. The maximum absolute atomic E-state index is 12.6. The molecule has 10 nitrogen and oxygen atoms in total. The largest absolute Gasteiger partial charge is 0.522 e. The third-order valence-corrected chi connectivity index (χ3v) is 6.58. The molecular weight excluding hydrogens is 487 g/mol. The predicted octanol–water partition coefficient (Wildman–Crippen LogP) is 3.22. The van der Waals surface area contributed by atoms with Crippen molar-refractivity contribution in [2.24, 2.45) is 0 Å². The normalized spacial score (nSPS) is 12.6. The fraction of sp³-hybridized carbons (Fsp3) is 0.467. The Morgan fingerprint density at radius 2 is 2.03 bits per heavy atom. The van der Waals surface area contributed by atoms with Crippen molar-refractivity contribution in [1.82, 2.24) is 25.0 Å². The molecule has 32 heavy (non-hydrogen) atoms. The smallest absolute Gasteiger partial charge is 0.414 e. The number of sulfonamides is 1. The molecule has 0 aliphatic rings. The lowest BCUT2D eigenvalue weighted by atomic mass is 10.5. The number of rotatable bonds is 10. The Balaban J connectivity index is 1.77. The number of aromatic nitrogens is 5. The Kier molecular flexibility index (Phi) is 7.09. The summed E-state index contributed by atoms with van der Waals surface area (Å²) in [5.74, 6) is -1.31. The van der Waals surface area contributed by atoms with Gasteiger partial charge < -0.3 is 4.42 Å².